The van der Waals surface area contributed by atoms with Gasteiger partial charge in [0.1, 0.15) is 5.75 Å². The molecule has 0 fully saturated rings. The van der Waals surface area contributed by atoms with Crippen LogP contribution in [-0.4, -0.2) is 18.4 Å². The Morgan fingerprint density at radius 3 is 2.26 bits per heavy atom. The van der Waals surface area contributed by atoms with Gasteiger partial charge in [0, 0.05) is 15.4 Å². The van der Waals surface area contributed by atoms with Crippen LogP contribution in [-0.2, 0) is 4.79 Å². The van der Waals surface area contributed by atoms with E-state index in [2.05, 4.69) is 5.32 Å². The number of primary amides is 1. The van der Waals surface area contributed by atoms with E-state index >= 15 is 0 Å². The van der Waals surface area contributed by atoms with Crippen LogP contribution < -0.4 is 15.8 Å². The maximum Gasteiger partial charge on any atom is 0.262 e. The Bertz CT molecular complexity index is 928. The van der Waals surface area contributed by atoms with Crippen molar-refractivity contribution in [3.63, 3.8) is 0 Å². The number of nitrogens with two attached hydrogens (primary N) is 1. The number of carbonyl (C=O) groups excluding carboxylic acids is 2. The second-order valence-electron chi connectivity index (χ2n) is 5.64. The Morgan fingerprint density at radius 1 is 0.889 bits per heavy atom. The zero-order valence-electron chi connectivity index (χ0n) is 14.4. The Morgan fingerprint density at radius 2 is 1.56 bits per heavy atom. The quantitative estimate of drug-likeness (QED) is 0.652. The predicted molar refractivity (Wildman–Crippen MR) is 106 cm³/mol. The van der Waals surface area contributed by atoms with E-state index in [4.69, 9.17) is 10.5 Å². The van der Waals surface area contributed by atoms with Gasteiger partial charge in [0.05, 0.1) is 5.69 Å². The van der Waals surface area contributed by atoms with Crippen molar-refractivity contribution < 1.29 is 14.3 Å². The lowest BCUT2D eigenvalue weighted by atomic mass is 10.2. The fraction of sp³-hybridized carbons (Fsp3) is 0.0476. The molecular formula is C21H18N2O3S. The molecule has 0 saturated carbocycles. The van der Waals surface area contributed by atoms with Crippen molar-refractivity contribution in [3.8, 4) is 5.75 Å². The molecule has 2 amide bonds. The van der Waals surface area contributed by atoms with Gasteiger partial charge in [-0.1, -0.05) is 42.1 Å². The standard InChI is InChI=1S/C21H18N2O3S/c22-21(25)15-10-12-16(13-11-15)26-14-20(24)23-18-8-4-5-9-19(18)27-17-6-2-1-3-7-17/h1-13H,14H2,(H2,22,25)(H,23,24). The highest BCUT2D eigenvalue weighted by Crippen LogP contribution is 2.33. The molecule has 136 valence electrons. The molecule has 0 heterocycles. The Labute approximate surface area is 161 Å². The zero-order chi connectivity index (χ0) is 19.1. The van der Waals surface area contributed by atoms with Crippen molar-refractivity contribution in [1.82, 2.24) is 0 Å². The van der Waals surface area contributed by atoms with Crippen LogP contribution >= 0.6 is 11.8 Å². The summed E-state index contributed by atoms with van der Waals surface area (Å²) in [4.78, 5) is 25.3. The number of para-hydroxylation sites is 1. The molecule has 0 aromatic heterocycles. The highest BCUT2D eigenvalue weighted by atomic mass is 32.2. The third-order valence-corrected chi connectivity index (χ3v) is 4.72. The first-order valence-corrected chi connectivity index (χ1v) is 9.08. The highest BCUT2D eigenvalue weighted by molar-refractivity contribution is 7.99. The Hall–Kier alpha value is -3.25. The van der Waals surface area contributed by atoms with Gasteiger partial charge in [0.25, 0.3) is 5.91 Å². The first kappa shape index (κ1) is 18.5. The van der Waals surface area contributed by atoms with Crippen LogP contribution in [0.25, 0.3) is 0 Å². The third-order valence-electron chi connectivity index (χ3n) is 3.64. The topological polar surface area (TPSA) is 81.4 Å². The lowest BCUT2D eigenvalue weighted by Crippen LogP contribution is -2.20. The average Bonchev–Trinajstić information content (AvgIpc) is 2.69. The van der Waals surface area contributed by atoms with Crippen LogP contribution in [0.5, 0.6) is 5.75 Å². The molecule has 6 heteroatoms. The second-order valence-corrected chi connectivity index (χ2v) is 6.75. The number of anilines is 1. The van der Waals surface area contributed by atoms with Gasteiger partial charge in [-0.2, -0.15) is 0 Å². The number of hydrogen-bond donors (Lipinski definition) is 2. The summed E-state index contributed by atoms with van der Waals surface area (Å²) in [5.41, 5.74) is 6.31. The highest BCUT2D eigenvalue weighted by Gasteiger charge is 2.09. The lowest BCUT2D eigenvalue weighted by molar-refractivity contribution is -0.118. The Kier molecular flexibility index (Phi) is 6.12. The van der Waals surface area contributed by atoms with Gasteiger partial charge in [-0.25, -0.2) is 0 Å². The number of carbonyl (C=O) groups is 2. The summed E-state index contributed by atoms with van der Waals surface area (Å²) >= 11 is 1.58. The summed E-state index contributed by atoms with van der Waals surface area (Å²) in [6.45, 7) is -0.139. The summed E-state index contributed by atoms with van der Waals surface area (Å²) in [5.74, 6) is -0.288. The number of rotatable bonds is 7. The molecular weight excluding hydrogens is 360 g/mol. The first-order chi connectivity index (χ1) is 13.1. The number of hydrogen-bond acceptors (Lipinski definition) is 4. The second kappa shape index (κ2) is 8.91. The van der Waals surface area contributed by atoms with Crippen LogP contribution in [0.4, 0.5) is 5.69 Å². The van der Waals surface area contributed by atoms with E-state index in [-0.39, 0.29) is 12.5 Å². The molecule has 0 aliphatic heterocycles. The van der Waals surface area contributed by atoms with Crippen LogP contribution in [0.2, 0.25) is 0 Å². The fourth-order valence-corrected chi connectivity index (χ4v) is 3.25. The minimum atomic E-state index is -0.508. The van der Waals surface area contributed by atoms with Crippen LogP contribution in [0.3, 0.4) is 0 Å². The summed E-state index contributed by atoms with van der Waals surface area (Å²) in [7, 11) is 0. The summed E-state index contributed by atoms with van der Waals surface area (Å²) in [5, 5.41) is 2.87. The molecule has 0 radical (unpaired) electrons. The van der Waals surface area contributed by atoms with Crippen molar-refractivity contribution in [2.75, 3.05) is 11.9 Å². The molecule has 0 spiro atoms. The summed E-state index contributed by atoms with van der Waals surface area (Å²) in [6, 6.07) is 23.9. The first-order valence-electron chi connectivity index (χ1n) is 8.26. The van der Waals surface area contributed by atoms with E-state index in [0.29, 0.717) is 11.3 Å². The molecule has 3 aromatic rings. The number of amides is 2. The average molecular weight is 378 g/mol. The van der Waals surface area contributed by atoms with Gasteiger partial charge in [0.15, 0.2) is 6.61 Å². The molecule has 0 aliphatic rings. The van der Waals surface area contributed by atoms with Gasteiger partial charge in [-0.3, -0.25) is 9.59 Å². The van der Waals surface area contributed by atoms with Crippen molar-refractivity contribution in [2.45, 2.75) is 9.79 Å². The largest absolute Gasteiger partial charge is 0.484 e. The predicted octanol–water partition coefficient (Wildman–Crippen LogP) is 3.95. The third kappa shape index (κ3) is 5.36. The van der Waals surface area contributed by atoms with E-state index < -0.39 is 5.91 Å². The van der Waals surface area contributed by atoms with Gasteiger partial charge in [-0.15, -0.1) is 0 Å². The van der Waals surface area contributed by atoms with Crippen LogP contribution in [0, 0.1) is 0 Å². The zero-order valence-corrected chi connectivity index (χ0v) is 15.2. The number of benzene rings is 3. The molecule has 3 rings (SSSR count). The molecule has 0 saturated heterocycles. The molecule has 0 bridgehead atoms. The molecule has 0 aliphatic carbocycles. The molecule has 3 N–H and O–H groups in total. The molecule has 3 aromatic carbocycles. The van der Waals surface area contributed by atoms with E-state index in [1.807, 2.05) is 54.6 Å². The Balaban J connectivity index is 1.60. The van der Waals surface area contributed by atoms with Gasteiger partial charge >= 0.3 is 0 Å². The van der Waals surface area contributed by atoms with Crippen molar-refractivity contribution in [3.05, 3.63) is 84.4 Å². The van der Waals surface area contributed by atoms with E-state index in [1.165, 1.54) is 0 Å². The molecule has 27 heavy (non-hydrogen) atoms. The number of nitrogens with one attached hydrogen (secondary N) is 1. The minimum Gasteiger partial charge on any atom is -0.484 e. The molecule has 0 unspecified atom stereocenters. The fourth-order valence-electron chi connectivity index (χ4n) is 2.33. The normalized spacial score (nSPS) is 10.2. The molecule has 5 nitrogen and oxygen atoms in total. The monoisotopic (exact) mass is 378 g/mol. The smallest absolute Gasteiger partial charge is 0.262 e. The summed E-state index contributed by atoms with van der Waals surface area (Å²) < 4.78 is 5.46. The van der Waals surface area contributed by atoms with E-state index in [1.54, 1.807) is 36.0 Å². The van der Waals surface area contributed by atoms with Gasteiger partial charge < -0.3 is 15.8 Å². The SMILES string of the molecule is NC(=O)c1ccc(OCC(=O)Nc2ccccc2Sc2ccccc2)cc1. The maximum absolute atomic E-state index is 12.2. The van der Waals surface area contributed by atoms with Gasteiger partial charge in [0.2, 0.25) is 5.91 Å². The van der Waals surface area contributed by atoms with Crippen LogP contribution in [0.1, 0.15) is 10.4 Å². The minimum absolute atomic E-state index is 0.139. The van der Waals surface area contributed by atoms with Crippen molar-refractivity contribution in [1.29, 1.82) is 0 Å². The van der Waals surface area contributed by atoms with E-state index in [9.17, 15) is 9.59 Å². The molecule has 0 atom stereocenters. The van der Waals surface area contributed by atoms with Crippen LogP contribution in [0.15, 0.2) is 88.7 Å². The number of ether oxygens (including phenoxy) is 1. The van der Waals surface area contributed by atoms with Crippen molar-refractivity contribution >= 4 is 29.3 Å². The lowest BCUT2D eigenvalue weighted by Gasteiger charge is -2.11. The maximum atomic E-state index is 12.2. The summed E-state index contributed by atoms with van der Waals surface area (Å²) in [6.07, 6.45) is 0. The van der Waals surface area contributed by atoms with Crippen molar-refractivity contribution in [2.24, 2.45) is 5.73 Å². The van der Waals surface area contributed by atoms with E-state index in [0.717, 1.165) is 15.5 Å². The van der Waals surface area contributed by atoms with Gasteiger partial charge in [-0.05, 0) is 48.5 Å².